The van der Waals surface area contributed by atoms with Crippen molar-refractivity contribution in [2.24, 2.45) is 5.73 Å². The number of carbonyl (C=O) groups is 4. The van der Waals surface area contributed by atoms with E-state index < -0.39 is 54.0 Å². The number of aliphatic carboxylic acids is 1. The normalized spacial score (nSPS) is 18.6. The van der Waals surface area contributed by atoms with Gasteiger partial charge in [0.25, 0.3) is 0 Å². The van der Waals surface area contributed by atoms with E-state index in [1.54, 1.807) is 24.3 Å². The molecule has 0 aliphatic carbocycles. The Balaban J connectivity index is 1.83. The number of hydrogen-bond acceptors (Lipinski definition) is 7. The second kappa shape index (κ2) is 12.3. The maximum atomic E-state index is 13.4. The number of nitrogens with one attached hydrogen (secondary N) is 3. The number of aromatic amines is 1. The third-order valence-corrected chi connectivity index (χ3v) is 6.15. The highest BCUT2D eigenvalue weighted by molar-refractivity contribution is 5.94. The molecule has 0 saturated carbocycles. The van der Waals surface area contributed by atoms with Crippen molar-refractivity contribution < 1.29 is 29.4 Å². The number of nitrogens with two attached hydrogens (primary N) is 1. The van der Waals surface area contributed by atoms with Crippen LogP contribution in [0.5, 0.6) is 0 Å². The van der Waals surface area contributed by atoms with Gasteiger partial charge in [0, 0.05) is 31.3 Å². The molecule has 3 amide bonds. The van der Waals surface area contributed by atoms with Gasteiger partial charge in [0.05, 0.1) is 12.4 Å². The molecule has 3 rings (SSSR count). The van der Waals surface area contributed by atoms with Crippen LogP contribution < -0.4 is 16.4 Å². The molecule has 194 valence electrons. The van der Waals surface area contributed by atoms with E-state index >= 15 is 0 Å². The number of carboxylic acids is 1. The van der Waals surface area contributed by atoms with Gasteiger partial charge in [-0.05, 0) is 25.3 Å². The fourth-order valence-electron chi connectivity index (χ4n) is 4.12. The van der Waals surface area contributed by atoms with Crippen LogP contribution in [0.1, 0.15) is 31.0 Å². The molecule has 0 radical (unpaired) electrons. The summed E-state index contributed by atoms with van der Waals surface area (Å²) < 4.78 is 0. The van der Waals surface area contributed by atoms with E-state index in [4.69, 9.17) is 5.73 Å². The van der Waals surface area contributed by atoms with Gasteiger partial charge in [-0.3, -0.25) is 14.4 Å². The van der Waals surface area contributed by atoms with Gasteiger partial charge in [0.2, 0.25) is 17.7 Å². The topological polar surface area (TPSA) is 191 Å². The van der Waals surface area contributed by atoms with Gasteiger partial charge in [-0.1, -0.05) is 30.3 Å². The Morgan fingerprint density at radius 2 is 1.83 bits per heavy atom. The highest BCUT2D eigenvalue weighted by Gasteiger charge is 2.38. The monoisotopic (exact) mass is 500 g/mol. The number of H-pyrrole nitrogens is 1. The van der Waals surface area contributed by atoms with Crippen LogP contribution in [-0.4, -0.2) is 85.6 Å². The van der Waals surface area contributed by atoms with Gasteiger partial charge in [0.1, 0.15) is 24.2 Å². The van der Waals surface area contributed by atoms with Crippen LogP contribution in [0.3, 0.4) is 0 Å². The van der Waals surface area contributed by atoms with Crippen molar-refractivity contribution in [3.05, 3.63) is 54.1 Å². The molecular formula is C24H32N6O6. The molecule has 7 N–H and O–H groups in total. The number of aliphatic hydroxyl groups excluding tert-OH is 1. The van der Waals surface area contributed by atoms with Crippen LogP contribution in [0.4, 0.5) is 0 Å². The minimum Gasteiger partial charge on any atom is -0.480 e. The Morgan fingerprint density at radius 3 is 2.44 bits per heavy atom. The number of carbonyl (C=O) groups excluding carboxylic acids is 3. The first-order valence-electron chi connectivity index (χ1n) is 11.8. The highest BCUT2D eigenvalue weighted by Crippen LogP contribution is 2.19. The quantitative estimate of drug-likeness (QED) is 0.225. The summed E-state index contributed by atoms with van der Waals surface area (Å²) >= 11 is 0. The molecule has 1 aromatic heterocycles. The average Bonchev–Trinajstić information content (AvgIpc) is 3.55. The molecule has 2 aromatic rings. The second-order valence-corrected chi connectivity index (χ2v) is 8.89. The van der Waals surface area contributed by atoms with E-state index in [2.05, 4.69) is 20.6 Å². The average molecular weight is 501 g/mol. The lowest BCUT2D eigenvalue weighted by molar-refractivity contribution is -0.149. The van der Waals surface area contributed by atoms with Crippen LogP contribution in [0.25, 0.3) is 0 Å². The summed E-state index contributed by atoms with van der Waals surface area (Å²) in [4.78, 5) is 59.1. The fourth-order valence-corrected chi connectivity index (χ4v) is 4.12. The van der Waals surface area contributed by atoms with E-state index in [1.165, 1.54) is 24.3 Å². The number of aliphatic hydroxyl groups is 1. The Labute approximate surface area is 208 Å². The van der Waals surface area contributed by atoms with Gasteiger partial charge >= 0.3 is 5.97 Å². The minimum atomic E-state index is -1.25. The Hall–Kier alpha value is -3.77. The molecule has 5 atom stereocenters. The van der Waals surface area contributed by atoms with Crippen molar-refractivity contribution >= 4 is 23.7 Å². The van der Waals surface area contributed by atoms with Gasteiger partial charge in [-0.2, -0.15) is 0 Å². The second-order valence-electron chi connectivity index (χ2n) is 8.89. The first kappa shape index (κ1) is 26.8. The molecule has 1 aromatic carbocycles. The van der Waals surface area contributed by atoms with Crippen molar-refractivity contribution in [3.63, 3.8) is 0 Å². The summed E-state index contributed by atoms with van der Waals surface area (Å²) in [6.07, 6.45) is 2.83. The first-order chi connectivity index (χ1) is 17.2. The highest BCUT2D eigenvalue weighted by atomic mass is 16.4. The summed E-state index contributed by atoms with van der Waals surface area (Å²) in [7, 11) is 0. The first-order valence-corrected chi connectivity index (χ1v) is 11.8. The fraction of sp³-hybridized carbons (Fsp3) is 0.458. The summed E-state index contributed by atoms with van der Waals surface area (Å²) in [5.74, 6) is -3.00. The molecule has 1 aliphatic rings. The zero-order valence-electron chi connectivity index (χ0n) is 20.0. The summed E-state index contributed by atoms with van der Waals surface area (Å²) in [5, 5.41) is 24.5. The molecule has 1 aliphatic heterocycles. The van der Waals surface area contributed by atoms with Crippen molar-refractivity contribution in [1.29, 1.82) is 0 Å². The van der Waals surface area contributed by atoms with Crippen LogP contribution in [0, 0.1) is 0 Å². The molecule has 0 bridgehead atoms. The molecule has 12 heteroatoms. The predicted molar refractivity (Wildman–Crippen MR) is 128 cm³/mol. The molecule has 0 spiro atoms. The van der Waals surface area contributed by atoms with Crippen molar-refractivity contribution in [3.8, 4) is 0 Å². The van der Waals surface area contributed by atoms with E-state index in [9.17, 15) is 29.4 Å². The van der Waals surface area contributed by atoms with Crippen LogP contribution in [0.2, 0.25) is 0 Å². The molecule has 12 nitrogen and oxygen atoms in total. The number of rotatable bonds is 11. The number of amides is 3. The van der Waals surface area contributed by atoms with Crippen LogP contribution >= 0.6 is 0 Å². The third-order valence-electron chi connectivity index (χ3n) is 6.15. The molecule has 5 unspecified atom stereocenters. The number of aromatic nitrogens is 2. The zero-order valence-corrected chi connectivity index (χ0v) is 20.0. The Morgan fingerprint density at radius 1 is 1.14 bits per heavy atom. The molecule has 2 heterocycles. The minimum absolute atomic E-state index is 0.0482. The molecular weight excluding hydrogens is 468 g/mol. The Kier molecular flexibility index (Phi) is 9.14. The summed E-state index contributed by atoms with van der Waals surface area (Å²) in [6.45, 7) is 1.63. The number of benzene rings is 1. The van der Waals surface area contributed by atoms with E-state index in [-0.39, 0.29) is 19.4 Å². The lowest BCUT2D eigenvalue weighted by Gasteiger charge is -2.29. The molecule has 36 heavy (non-hydrogen) atoms. The number of likely N-dealkylation sites (tertiary alicyclic amines) is 1. The smallest absolute Gasteiger partial charge is 0.326 e. The predicted octanol–water partition coefficient (Wildman–Crippen LogP) is -1.05. The van der Waals surface area contributed by atoms with E-state index in [0.29, 0.717) is 18.5 Å². The van der Waals surface area contributed by atoms with Gasteiger partial charge in [0.15, 0.2) is 0 Å². The molecule has 1 saturated heterocycles. The number of carboxylic acid groups (broad SMARTS) is 1. The lowest BCUT2D eigenvalue weighted by atomic mass is 10.0. The van der Waals surface area contributed by atoms with Crippen molar-refractivity contribution in [1.82, 2.24) is 25.5 Å². The van der Waals surface area contributed by atoms with E-state index in [0.717, 1.165) is 5.56 Å². The van der Waals surface area contributed by atoms with Crippen molar-refractivity contribution in [2.45, 2.75) is 62.9 Å². The standard InChI is InChI=1S/C24H32N6O6/c1-14(31)20(25)22(33)28-17(10-15-6-3-2-4-7-15)21(32)29-18(11-16-12-26-13-27-16)23(34)30-9-5-8-19(30)24(35)36/h2-4,6-7,12-14,17-20,31H,5,8-11,25H2,1H3,(H,26,27)(H,28,33)(H,29,32)(H,35,36). The van der Waals surface area contributed by atoms with Crippen LogP contribution in [0.15, 0.2) is 42.9 Å². The largest absolute Gasteiger partial charge is 0.480 e. The van der Waals surface area contributed by atoms with Gasteiger partial charge in [-0.15, -0.1) is 0 Å². The third kappa shape index (κ3) is 6.89. The Bertz CT molecular complexity index is 1040. The molecule has 1 fully saturated rings. The lowest BCUT2D eigenvalue weighted by Crippen LogP contribution is -2.59. The number of imidazole rings is 1. The summed E-state index contributed by atoms with van der Waals surface area (Å²) in [6, 6.07) is 4.55. The zero-order chi connectivity index (χ0) is 26.2. The summed E-state index contributed by atoms with van der Waals surface area (Å²) in [5.41, 5.74) is 7.07. The number of nitrogens with zero attached hydrogens (tertiary/aromatic N) is 2. The van der Waals surface area contributed by atoms with E-state index in [1.807, 2.05) is 6.07 Å². The van der Waals surface area contributed by atoms with Gasteiger partial charge < -0.3 is 36.5 Å². The van der Waals surface area contributed by atoms with Gasteiger partial charge in [-0.25, -0.2) is 9.78 Å². The van der Waals surface area contributed by atoms with Crippen LogP contribution in [-0.2, 0) is 32.0 Å². The van der Waals surface area contributed by atoms with Crippen molar-refractivity contribution in [2.75, 3.05) is 6.54 Å². The number of hydrogen-bond donors (Lipinski definition) is 6. The maximum Gasteiger partial charge on any atom is 0.326 e. The maximum absolute atomic E-state index is 13.4. The SMILES string of the molecule is CC(O)C(N)C(=O)NC(Cc1ccccc1)C(=O)NC(Cc1cnc[nH]1)C(=O)N1CCCC1C(=O)O.